The number of hydrogen-bond acceptors (Lipinski definition) is 4. The molecule has 0 radical (unpaired) electrons. The van der Waals surface area contributed by atoms with Crippen molar-refractivity contribution in [3.63, 3.8) is 0 Å². The molecule has 1 aromatic rings. The minimum atomic E-state index is -0.956. The number of aromatic nitrogens is 1. The molecule has 0 unspecified atom stereocenters. The van der Waals surface area contributed by atoms with Crippen molar-refractivity contribution in [3.05, 3.63) is 17.8 Å². The van der Waals surface area contributed by atoms with Gasteiger partial charge in [0.05, 0.1) is 11.3 Å². The molecule has 14 heavy (non-hydrogen) atoms. The van der Waals surface area contributed by atoms with Gasteiger partial charge in [-0.2, -0.15) is 0 Å². The van der Waals surface area contributed by atoms with Crippen molar-refractivity contribution in [2.24, 2.45) is 0 Å². The van der Waals surface area contributed by atoms with E-state index in [1.807, 2.05) is 0 Å². The first kappa shape index (κ1) is 11.3. The Morgan fingerprint density at radius 3 is 2.86 bits per heavy atom. The molecule has 2 heterocycles. The van der Waals surface area contributed by atoms with Crippen LogP contribution in [0.3, 0.4) is 0 Å². The summed E-state index contributed by atoms with van der Waals surface area (Å²) in [6, 6.07) is 1.58. The van der Waals surface area contributed by atoms with Gasteiger partial charge in [0.15, 0.2) is 0 Å². The van der Waals surface area contributed by atoms with Crippen LogP contribution in [-0.2, 0) is 0 Å². The molecule has 0 aliphatic carbocycles. The fourth-order valence-corrected chi connectivity index (χ4v) is 1.24. The van der Waals surface area contributed by atoms with Crippen LogP contribution >= 0.6 is 0 Å². The van der Waals surface area contributed by atoms with Gasteiger partial charge in [-0.3, -0.25) is 0 Å². The molecule has 3 N–H and O–H groups in total. The monoisotopic (exact) mass is 203 g/mol. The van der Waals surface area contributed by atoms with E-state index in [0.29, 0.717) is 0 Å². The summed E-state index contributed by atoms with van der Waals surface area (Å²) in [6.45, 7) is 1.60. The summed E-state index contributed by atoms with van der Waals surface area (Å²) in [7, 11) is 0. The maximum absolute atomic E-state index is 10.6. The molecule has 1 aromatic heterocycles. The molecule has 5 nitrogen and oxygen atoms in total. The molecule has 0 amide bonds. The molecule has 1 aliphatic heterocycles. The van der Waals surface area contributed by atoms with E-state index in [2.05, 4.69) is 15.6 Å². The van der Waals surface area contributed by atoms with E-state index in [1.54, 1.807) is 6.07 Å². The van der Waals surface area contributed by atoms with Crippen molar-refractivity contribution in [1.29, 1.82) is 0 Å². The Bertz CT molecular complexity index is 356. The number of fused-ring (bicyclic) bond motifs is 1. The van der Waals surface area contributed by atoms with Crippen LogP contribution in [0.15, 0.2) is 12.3 Å². The fraction of sp³-hybridized carbons (Fsp3) is 0.250. The van der Waals surface area contributed by atoms with Crippen molar-refractivity contribution in [2.75, 3.05) is 23.7 Å². The molecule has 2 rings (SSSR count). The number of carboxylic acid groups (broad SMARTS) is 1. The number of carboxylic acids is 1. The number of nitrogens with one attached hydrogen (secondary N) is 2. The van der Waals surface area contributed by atoms with E-state index in [4.69, 9.17) is 5.11 Å². The molecule has 70 valence electrons. The molecule has 0 fully saturated rings. The van der Waals surface area contributed by atoms with Crippen LogP contribution in [0.25, 0.3) is 0 Å². The second-order valence-electron chi connectivity index (χ2n) is 2.78. The third-order valence-corrected chi connectivity index (χ3v) is 1.87. The van der Waals surface area contributed by atoms with Crippen LogP contribution in [0.4, 0.5) is 11.5 Å². The van der Waals surface area contributed by atoms with Crippen LogP contribution < -0.4 is 10.6 Å². The summed E-state index contributed by atoms with van der Waals surface area (Å²) < 4.78 is 0. The predicted molar refractivity (Wildman–Crippen MR) is 55.3 cm³/mol. The summed E-state index contributed by atoms with van der Waals surface area (Å²) in [5, 5.41) is 14.8. The number of hydrogen-bond donors (Lipinski definition) is 3. The fourth-order valence-electron chi connectivity index (χ4n) is 1.24. The average molecular weight is 203 g/mol. The maximum atomic E-state index is 10.6. The van der Waals surface area contributed by atoms with Crippen LogP contribution in [0.5, 0.6) is 0 Å². The van der Waals surface area contributed by atoms with Gasteiger partial charge in [0, 0.05) is 19.3 Å². The molecule has 0 aromatic carbocycles. The standard InChI is InChI=1S/C8H9N3O2.Na.H/c12-8(13)5-3-6-7(11-4-5)10-2-1-9-6;;/h3-4,9H,1-2H2,(H,10,11)(H,12,13);;. The van der Waals surface area contributed by atoms with Gasteiger partial charge in [-0.05, 0) is 6.07 Å². The Labute approximate surface area is 103 Å². The van der Waals surface area contributed by atoms with Crippen LogP contribution in [0.2, 0.25) is 0 Å². The van der Waals surface area contributed by atoms with Gasteiger partial charge in [-0.15, -0.1) is 0 Å². The second-order valence-corrected chi connectivity index (χ2v) is 2.78. The average Bonchev–Trinajstić information content (AvgIpc) is 2.17. The molecule has 6 heteroatoms. The van der Waals surface area contributed by atoms with E-state index in [0.717, 1.165) is 24.6 Å². The zero-order valence-corrected chi connectivity index (χ0v) is 6.87. The summed E-state index contributed by atoms with van der Waals surface area (Å²) in [6.07, 6.45) is 1.35. The van der Waals surface area contributed by atoms with Crippen molar-refractivity contribution >= 4 is 47.0 Å². The zero-order valence-electron chi connectivity index (χ0n) is 6.87. The summed E-state index contributed by atoms with van der Waals surface area (Å²) in [4.78, 5) is 14.6. The molecule has 0 atom stereocenters. The molecule has 1 aliphatic rings. The van der Waals surface area contributed by atoms with Gasteiger partial charge in [0.25, 0.3) is 0 Å². The number of carbonyl (C=O) groups is 1. The summed E-state index contributed by atoms with van der Waals surface area (Å²) in [5.74, 6) is -0.237. The Morgan fingerprint density at radius 2 is 2.14 bits per heavy atom. The van der Waals surface area contributed by atoms with E-state index in [9.17, 15) is 4.79 Å². The van der Waals surface area contributed by atoms with Crippen molar-refractivity contribution in [1.82, 2.24) is 4.98 Å². The summed E-state index contributed by atoms with van der Waals surface area (Å²) >= 11 is 0. The number of pyridine rings is 1. The Balaban J connectivity index is 0.000000980. The number of anilines is 2. The number of rotatable bonds is 1. The first-order valence-corrected chi connectivity index (χ1v) is 3.98. The van der Waals surface area contributed by atoms with Gasteiger partial charge >= 0.3 is 35.5 Å². The second kappa shape index (κ2) is 4.63. The normalized spacial score (nSPS) is 12.9. The zero-order chi connectivity index (χ0) is 9.26. The Morgan fingerprint density at radius 1 is 1.43 bits per heavy atom. The third-order valence-electron chi connectivity index (χ3n) is 1.87. The van der Waals surface area contributed by atoms with Crippen LogP contribution in [0, 0.1) is 0 Å². The first-order valence-electron chi connectivity index (χ1n) is 3.98. The topological polar surface area (TPSA) is 74.2 Å². The molecule has 0 saturated heterocycles. The number of nitrogens with zero attached hydrogens (tertiary/aromatic N) is 1. The van der Waals surface area contributed by atoms with Gasteiger partial charge in [-0.25, -0.2) is 9.78 Å². The van der Waals surface area contributed by atoms with E-state index < -0.39 is 5.97 Å². The molecular weight excluding hydrogens is 193 g/mol. The summed E-state index contributed by atoms with van der Waals surface area (Å²) in [5.41, 5.74) is 0.959. The first-order chi connectivity index (χ1) is 6.27. The quantitative estimate of drug-likeness (QED) is 0.559. The van der Waals surface area contributed by atoms with E-state index in [-0.39, 0.29) is 35.1 Å². The van der Waals surface area contributed by atoms with E-state index in [1.165, 1.54) is 6.20 Å². The van der Waals surface area contributed by atoms with Crippen molar-refractivity contribution < 1.29 is 9.90 Å². The molecule has 0 spiro atoms. The Kier molecular flexibility index (Phi) is 3.74. The molecule has 0 saturated carbocycles. The van der Waals surface area contributed by atoms with Crippen molar-refractivity contribution in [2.45, 2.75) is 0 Å². The van der Waals surface area contributed by atoms with Gasteiger partial charge < -0.3 is 15.7 Å². The number of aromatic carboxylic acids is 1. The molecule has 0 bridgehead atoms. The Hall–Kier alpha value is -0.780. The van der Waals surface area contributed by atoms with E-state index >= 15 is 0 Å². The van der Waals surface area contributed by atoms with Crippen LogP contribution in [0.1, 0.15) is 10.4 Å². The third kappa shape index (κ3) is 2.17. The van der Waals surface area contributed by atoms with Gasteiger partial charge in [-0.1, -0.05) is 0 Å². The predicted octanol–water partition coefficient (Wildman–Crippen LogP) is -0.0313. The minimum absolute atomic E-state index is 0. The van der Waals surface area contributed by atoms with Crippen molar-refractivity contribution in [3.8, 4) is 0 Å². The molecular formula is C8H10N3NaO2. The van der Waals surface area contributed by atoms with Gasteiger partial charge in [0.2, 0.25) is 0 Å². The van der Waals surface area contributed by atoms with Crippen LogP contribution in [-0.4, -0.2) is 58.7 Å². The SMILES string of the molecule is O=C(O)c1cnc2c(c1)NCCN2.[NaH]. The van der Waals surface area contributed by atoms with Gasteiger partial charge in [0.1, 0.15) is 5.82 Å².